The molecule has 146 valence electrons. The highest BCUT2D eigenvalue weighted by atomic mass is 32.1. The molecule has 1 aliphatic carbocycles. The molecule has 1 amide bonds. The molecule has 1 atom stereocenters. The van der Waals surface area contributed by atoms with Crippen molar-refractivity contribution in [1.82, 2.24) is 4.98 Å². The van der Waals surface area contributed by atoms with Crippen molar-refractivity contribution in [2.24, 2.45) is 5.92 Å². The quantitative estimate of drug-likeness (QED) is 0.610. The molecule has 3 N–H and O–H groups in total. The fourth-order valence-electron chi connectivity index (χ4n) is 3.47. The zero-order valence-corrected chi connectivity index (χ0v) is 15.9. The van der Waals surface area contributed by atoms with Crippen LogP contribution in [0.2, 0.25) is 0 Å². The Bertz CT molecular complexity index is 1060. The predicted octanol–water partition coefficient (Wildman–Crippen LogP) is 5.27. The van der Waals surface area contributed by atoms with Crippen LogP contribution in [-0.4, -0.2) is 10.9 Å². The number of carbonyl (C=O) groups is 1. The zero-order valence-electron chi connectivity index (χ0n) is 15.1. The number of hydrogen-bond acceptors (Lipinski definition) is 4. The Labute approximate surface area is 163 Å². The number of pyridine rings is 1. The SMILES string of the molecule is CC1CCc2nc3sc(C(=O)Nc4ccc(C(F)(F)F)cc4)c(N)c3cc2C1. The fraction of sp³-hybridized carbons (Fsp3) is 0.300. The smallest absolute Gasteiger partial charge is 0.397 e. The molecule has 0 saturated heterocycles. The van der Waals surface area contributed by atoms with Gasteiger partial charge >= 0.3 is 6.18 Å². The van der Waals surface area contributed by atoms with Crippen molar-refractivity contribution in [3.05, 3.63) is 52.0 Å². The molecule has 28 heavy (non-hydrogen) atoms. The van der Waals surface area contributed by atoms with Gasteiger partial charge in [0.25, 0.3) is 5.91 Å². The fourth-order valence-corrected chi connectivity index (χ4v) is 4.46. The third kappa shape index (κ3) is 3.44. The standard InChI is InChI=1S/C20H18F3N3OS/c1-10-2-7-15-11(8-10)9-14-16(24)17(28-19(14)26-15)18(27)25-13-5-3-12(4-6-13)20(21,22)23/h3-6,9-10H,2,7-8,24H2,1H3,(H,25,27). The van der Waals surface area contributed by atoms with Crippen LogP contribution in [0.1, 0.15) is 39.8 Å². The summed E-state index contributed by atoms with van der Waals surface area (Å²) < 4.78 is 38.0. The highest BCUT2D eigenvalue weighted by Gasteiger charge is 2.30. The molecule has 0 bridgehead atoms. The first-order valence-electron chi connectivity index (χ1n) is 8.91. The van der Waals surface area contributed by atoms with Gasteiger partial charge in [-0.25, -0.2) is 4.98 Å². The molecule has 0 spiro atoms. The number of fused-ring (bicyclic) bond motifs is 2. The monoisotopic (exact) mass is 405 g/mol. The second-order valence-electron chi connectivity index (χ2n) is 7.17. The average molecular weight is 405 g/mol. The Morgan fingerprint density at radius 3 is 2.68 bits per heavy atom. The van der Waals surface area contributed by atoms with E-state index in [-0.39, 0.29) is 5.69 Å². The van der Waals surface area contributed by atoms with E-state index in [2.05, 4.69) is 12.2 Å². The van der Waals surface area contributed by atoms with Crippen LogP contribution in [0.3, 0.4) is 0 Å². The lowest BCUT2D eigenvalue weighted by atomic mass is 9.87. The molecule has 3 aromatic rings. The number of carbonyl (C=O) groups excluding carboxylic acids is 1. The number of nitrogens with one attached hydrogen (secondary N) is 1. The topological polar surface area (TPSA) is 68.0 Å². The average Bonchev–Trinajstić information content (AvgIpc) is 2.96. The summed E-state index contributed by atoms with van der Waals surface area (Å²) in [5, 5.41) is 3.37. The second-order valence-corrected chi connectivity index (χ2v) is 8.17. The molecule has 0 aliphatic heterocycles. The van der Waals surface area contributed by atoms with Gasteiger partial charge in [0.2, 0.25) is 0 Å². The Morgan fingerprint density at radius 1 is 1.29 bits per heavy atom. The van der Waals surface area contributed by atoms with Gasteiger partial charge in [0.1, 0.15) is 9.71 Å². The Hall–Kier alpha value is -2.61. The van der Waals surface area contributed by atoms with Gasteiger partial charge in [-0.05, 0) is 61.1 Å². The van der Waals surface area contributed by atoms with Crippen molar-refractivity contribution < 1.29 is 18.0 Å². The maximum Gasteiger partial charge on any atom is 0.416 e. The minimum atomic E-state index is -4.42. The van der Waals surface area contributed by atoms with E-state index in [1.54, 1.807) is 0 Å². The van der Waals surface area contributed by atoms with E-state index in [0.717, 1.165) is 42.5 Å². The normalized spacial score (nSPS) is 16.8. The molecule has 1 aromatic carbocycles. The van der Waals surface area contributed by atoms with Crippen LogP contribution in [0.4, 0.5) is 24.5 Å². The number of halogens is 3. The van der Waals surface area contributed by atoms with Crippen molar-refractivity contribution in [1.29, 1.82) is 0 Å². The minimum absolute atomic E-state index is 0.274. The molecule has 4 nitrogen and oxygen atoms in total. The van der Waals surface area contributed by atoms with Gasteiger partial charge in [0, 0.05) is 16.8 Å². The van der Waals surface area contributed by atoms with E-state index in [4.69, 9.17) is 10.7 Å². The molecule has 0 radical (unpaired) electrons. The van der Waals surface area contributed by atoms with Gasteiger partial charge in [-0.2, -0.15) is 13.2 Å². The number of amides is 1. The number of thiophene rings is 1. The van der Waals surface area contributed by atoms with E-state index in [0.29, 0.717) is 21.3 Å². The molecule has 4 rings (SSSR count). The molecule has 2 heterocycles. The summed E-state index contributed by atoms with van der Waals surface area (Å²) >= 11 is 1.20. The van der Waals surface area contributed by atoms with Gasteiger partial charge < -0.3 is 11.1 Å². The van der Waals surface area contributed by atoms with Gasteiger partial charge in [-0.15, -0.1) is 11.3 Å². The number of nitrogens with two attached hydrogens (primary N) is 1. The molecule has 8 heteroatoms. The zero-order chi connectivity index (χ0) is 20.1. The van der Waals surface area contributed by atoms with Crippen LogP contribution >= 0.6 is 11.3 Å². The lowest BCUT2D eigenvalue weighted by Crippen LogP contribution is -2.13. The molecule has 2 aromatic heterocycles. The van der Waals surface area contributed by atoms with Crippen LogP contribution in [-0.2, 0) is 19.0 Å². The number of alkyl halides is 3. The van der Waals surface area contributed by atoms with Crippen LogP contribution in [0.15, 0.2) is 30.3 Å². The molecule has 0 saturated carbocycles. The summed E-state index contributed by atoms with van der Waals surface area (Å²) in [5.41, 5.74) is 8.30. The number of benzene rings is 1. The number of aryl methyl sites for hydroxylation is 1. The van der Waals surface area contributed by atoms with Crippen molar-refractivity contribution in [2.45, 2.75) is 32.4 Å². The lowest BCUT2D eigenvalue weighted by Gasteiger charge is -2.20. The number of rotatable bonds is 2. The Kier molecular flexibility index (Phi) is 4.53. The van der Waals surface area contributed by atoms with Gasteiger partial charge in [-0.1, -0.05) is 6.92 Å². The first-order valence-corrected chi connectivity index (χ1v) is 9.73. The summed E-state index contributed by atoms with van der Waals surface area (Å²) in [6.07, 6.45) is -1.47. The Balaban J connectivity index is 1.61. The van der Waals surface area contributed by atoms with Crippen molar-refractivity contribution in [3.63, 3.8) is 0 Å². The number of anilines is 2. The van der Waals surface area contributed by atoms with Crippen molar-refractivity contribution >= 4 is 38.8 Å². The van der Waals surface area contributed by atoms with E-state index >= 15 is 0 Å². The largest absolute Gasteiger partial charge is 0.416 e. The van der Waals surface area contributed by atoms with Crippen LogP contribution in [0.25, 0.3) is 10.2 Å². The summed E-state index contributed by atoms with van der Waals surface area (Å²) in [4.78, 5) is 18.4. The third-order valence-electron chi connectivity index (χ3n) is 5.01. The summed E-state index contributed by atoms with van der Waals surface area (Å²) in [6, 6.07) is 6.33. The highest BCUT2D eigenvalue weighted by molar-refractivity contribution is 7.21. The maximum absolute atomic E-state index is 12.7. The van der Waals surface area contributed by atoms with E-state index in [1.165, 1.54) is 29.0 Å². The number of nitrogen functional groups attached to an aromatic ring is 1. The molecule has 1 unspecified atom stereocenters. The van der Waals surface area contributed by atoms with E-state index in [1.807, 2.05) is 6.07 Å². The second kappa shape index (κ2) is 6.77. The molecular weight excluding hydrogens is 387 g/mol. The van der Waals surface area contributed by atoms with Crippen LogP contribution in [0.5, 0.6) is 0 Å². The van der Waals surface area contributed by atoms with Gasteiger partial charge in [0.15, 0.2) is 0 Å². The Morgan fingerprint density at radius 2 is 2.00 bits per heavy atom. The highest BCUT2D eigenvalue weighted by Crippen LogP contribution is 2.37. The van der Waals surface area contributed by atoms with E-state index < -0.39 is 17.6 Å². The predicted molar refractivity (Wildman–Crippen MR) is 105 cm³/mol. The minimum Gasteiger partial charge on any atom is -0.397 e. The third-order valence-corrected chi connectivity index (χ3v) is 6.12. The molecular formula is C20H18F3N3OS. The maximum atomic E-state index is 12.7. The summed E-state index contributed by atoms with van der Waals surface area (Å²) in [7, 11) is 0. The first kappa shape index (κ1) is 18.7. The number of hydrogen-bond donors (Lipinski definition) is 2. The number of aromatic nitrogens is 1. The van der Waals surface area contributed by atoms with Crippen LogP contribution in [0, 0.1) is 5.92 Å². The molecule has 1 aliphatic rings. The van der Waals surface area contributed by atoms with E-state index in [9.17, 15) is 18.0 Å². The van der Waals surface area contributed by atoms with Gasteiger partial charge in [-0.3, -0.25) is 4.79 Å². The number of nitrogens with zero attached hydrogens (tertiary/aromatic N) is 1. The summed E-state index contributed by atoms with van der Waals surface area (Å²) in [6.45, 7) is 2.20. The lowest BCUT2D eigenvalue weighted by molar-refractivity contribution is -0.137. The molecule has 0 fully saturated rings. The van der Waals surface area contributed by atoms with Crippen LogP contribution < -0.4 is 11.1 Å². The first-order chi connectivity index (χ1) is 13.2. The van der Waals surface area contributed by atoms with Crippen molar-refractivity contribution in [3.8, 4) is 0 Å². The van der Waals surface area contributed by atoms with Gasteiger partial charge in [0.05, 0.1) is 11.3 Å². The van der Waals surface area contributed by atoms with Crippen molar-refractivity contribution in [2.75, 3.05) is 11.1 Å². The summed E-state index contributed by atoms with van der Waals surface area (Å²) in [5.74, 6) is 0.139.